The lowest BCUT2D eigenvalue weighted by molar-refractivity contribution is 0.670. The van der Waals surface area contributed by atoms with Crippen LogP contribution in [0.5, 0.6) is 0 Å². The highest BCUT2D eigenvalue weighted by Gasteiger charge is 2.19. The van der Waals surface area contributed by atoms with E-state index in [0.29, 0.717) is 0 Å². The maximum atomic E-state index is 5.92. The number of halogens is 1. The Bertz CT molecular complexity index is 502. The van der Waals surface area contributed by atoms with Crippen LogP contribution in [0.3, 0.4) is 0 Å². The van der Waals surface area contributed by atoms with Crippen LogP contribution >= 0.6 is 11.6 Å². The zero-order chi connectivity index (χ0) is 11.0. The van der Waals surface area contributed by atoms with Gasteiger partial charge < -0.3 is 10.3 Å². The second kappa shape index (κ2) is 4.07. The molecule has 1 fully saturated rings. The molecule has 0 spiro atoms. The molecule has 0 amide bonds. The van der Waals surface area contributed by atoms with Crippen molar-refractivity contribution in [2.75, 3.05) is 6.54 Å². The molecule has 0 bridgehead atoms. The van der Waals surface area contributed by atoms with Crippen LogP contribution in [0.4, 0.5) is 0 Å². The van der Waals surface area contributed by atoms with Gasteiger partial charge in [0.15, 0.2) is 0 Å². The van der Waals surface area contributed by atoms with Crippen molar-refractivity contribution in [3.8, 4) is 0 Å². The molecule has 2 N–H and O–H groups in total. The van der Waals surface area contributed by atoms with E-state index in [4.69, 9.17) is 11.6 Å². The quantitative estimate of drug-likeness (QED) is 0.855. The number of nitrogens with one attached hydrogen (secondary N) is 2. The van der Waals surface area contributed by atoms with Gasteiger partial charge in [0.05, 0.1) is 11.0 Å². The number of imidazole rings is 1. The number of rotatable bonds is 4. The average Bonchev–Trinajstić information content (AvgIpc) is 2.98. The molecule has 0 radical (unpaired) electrons. The summed E-state index contributed by atoms with van der Waals surface area (Å²) in [6.45, 7) is 0.998. The second-order valence-corrected chi connectivity index (χ2v) is 4.76. The van der Waals surface area contributed by atoms with Crippen LogP contribution in [-0.4, -0.2) is 22.6 Å². The molecule has 1 aromatic carbocycles. The first-order valence-electron chi connectivity index (χ1n) is 5.69. The summed E-state index contributed by atoms with van der Waals surface area (Å²) in [5, 5.41) is 4.22. The van der Waals surface area contributed by atoms with Gasteiger partial charge in [-0.3, -0.25) is 0 Å². The van der Waals surface area contributed by atoms with E-state index in [9.17, 15) is 0 Å². The minimum Gasteiger partial charge on any atom is -0.342 e. The largest absolute Gasteiger partial charge is 0.342 e. The average molecular weight is 236 g/mol. The molecule has 16 heavy (non-hydrogen) atoms. The van der Waals surface area contributed by atoms with Crippen LogP contribution in [0.1, 0.15) is 18.7 Å². The van der Waals surface area contributed by atoms with Crippen LogP contribution in [0, 0.1) is 0 Å². The summed E-state index contributed by atoms with van der Waals surface area (Å²) in [6, 6.07) is 6.50. The number of hydrogen-bond acceptors (Lipinski definition) is 2. The number of fused-ring (bicyclic) bond motifs is 1. The highest BCUT2D eigenvalue weighted by Crippen LogP contribution is 2.19. The molecule has 1 aliphatic carbocycles. The molecule has 84 valence electrons. The summed E-state index contributed by atoms with van der Waals surface area (Å²) >= 11 is 5.92. The molecule has 0 unspecified atom stereocenters. The Balaban J connectivity index is 1.71. The van der Waals surface area contributed by atoms with E-state index in [-0.39, 0.29) is 0 Å². The number of H-pyrrole nitrogens is 1. The van der Waals surface area contributed by atoms with Crippen molar-refractivity contribution in [3.63, 3.8) is 0 Å². The van der Waals surface area contributed by atoms with E-state index < -0.39 is 0 Å². The Morgan fingerprint density at radius 1 is 1.44 bits per heavy atom. The Labute approximate surface area is 99.2 Å². The van der Waals surface area contributed by atoms with Crippen molar-refractivity contribution < 1.29 is 0 Å². The van der Waals surface area contributed by atoms with Crippen LogP contribution in [0.15, 0.2) is 18.2 Å². The molecule has 1 aliphatic rings. The Kier molecular flexibility index (Phi) is 2.58. The van der Waals surface area contributed by atoms with Crippen LogP contribution in [-0.2, 0) is 6.42 Å². The summed E-state index contributed by atoms with van der Waals surface area (Å²) in [5.74, 6) is 1.03. The monoisotopic (exact) mass is 235 g/mol. The van der Waals surface area contributed by atoms with Gasteiger partial charge in [-0.25, -0.2) is 4.98 Å². The normalized spacial score (nSPS) is 15.8. The Morgan fingerprint density at radius 2 is 2.31 bits per heavy atom. The molecular weight excluding hydrogens is 222 g/mol. The minimum absolute atomic E-state index is 0.749. The van der Waals surface area contributed by atoms with Crippen molar-refractivity contribution in [3.05, 3.63) is 29.0 Å². The zero-order valence-electron chi connectivity index (χ0n) is 8.96. The molecule has 1 heterocycles. The number of aromatic amines is 1. The number of benzene rings is 1. The molecule has 1 aromatic heterocycles. The van der Waals surface area contributed by atoms with E-state index in [1.165, 1.54) is 12.8 Å². The third-order valence-electron chi connectivity index (χ3n) is 2.87. The Morgan fingerprint density at radius 3 is 3.12 bits per heavy atom. The topological polar surface area (TPSA) is 40.7 Å². The maximum Gasteiger partial charge on any atom is 0.108 e. The molecule has 3 nitrogen and oxygen atoms in total. The SMILES string of the molecule is Clc1ccc2nc(CCNC3CC3)[nH]c2c1. The maximum absolute atomic E-state index is 5.92. The van der Waals surface area contributed by atoms with E-state index >= 15 is 0 Å². The fourth-order valence-corrected chi connectivity index (χ4v) is 2.01. The minimum atomic E-state index is 0.749. The van der Waals surface area contributed by atoms with Gasteiger partial charge in [0.25, 0.3) is 0 Å². The van der Waals surface area contributed by atoms with Crippen molar-refractivity contribution in [2.24, 2.45) is 0 Å². The highest BCUT2D eigenvalue weighted by atomic mass is 35.5. The van der Waals surface area contributed by atoms with Crippen LogP contribution < -0.4 is 5.32 Å². The molecule has 1 saturated carbocycles. The molecular formula is C12H14ClN3. The zero-order valence-corrected chi connectivity index (χ0v) is 9.72. The lowest BCUT2D eigenvalue weighted by Gasteiger charge is -1.98. The number of nitrogens with zero attached hydrogens (tertiary/aromatic N) is 1. The van der Waals surface area contributed by atoms with Gasteiger partial charge in [0.1, 0.15) is 5.82 Å². The van der Waals surface area contributed by atoms with Gasteiger partial charge in [0.2, 0.25) is 0 Å². The summed E-state index contributed by atoms with van der Waals surface area (Å²) in [7, 11) is 0. The van der Waals surface area contributed by atoms with Gasteiger partial charge in [-0.05, 0) is 31.0 Å². The first-order valence-corrected chi connectivity index (χ1v) is 6.06. The summed E-state index contributed by atoms with van der Waals surface area (Å²) in [4.78, 5) is 7.81. The standard InChI is InChI=1S/C12H14ClN3/c13-8-1-4-10-11(7-8)16-12(15-10)5-6-14-9-2-3-9/h1,4,7,9,14H,2-3,5-6H2,(H,15,16). The van der Waals surface area contributed by atoms with Gasteiger partial charge in [-0.1, -0.05) is 11.6 Å². The van der Waals surface area contributed by atoms with Gasteiger partial charge in [-0.15, -0.1) is 0 Å². The fraction of sp³-hybridized carbons (Fsp3) is 0.417. The smallest absolute Gasteiger partial charge is 0.108 e. The molecule has 0 saturated heterocycles. The molecule has 3 rings (SSSR count). The van der Waals surface area contributed by atoms with Crippen molar-refractivity contribution in [1.29, 1.82) is 0 Å². The van der Waals surface area contributed by atoms with E-state index in [0.717, 1.165) is 40.9 Å². The van der Waals surface area contributed by atoms with Crippen LogP contribution in [0.25, 0.3) is 11.0 Å². The van der Waals surface area contributed by atoms with Gasteiger partial charge >= 0.3 is 0 Å². The lowest BCUT2D eigenvalue weighted by atomic mass is 10.3. The van der Waals surface area contributed by atoms with Crippen molar-refractivity contribution in [1.82, 2.24) is 15.3 Å². The van der Waals surface area contributed by atoms with E-state index in [2.05, 4.69) is 15.3 Å². The molecule has 2 aromatic rings. The third kappa shape index (κ3) is 2.20. The van der Waals surface area contributed by atoms with E-state index in [1.807, 2.05) is 18.2 Å². The first kappa shape index (κ1) is 10.1. The summed E-state index contributed by atoms with van der Waals surface area (Å²) in [6.07, 6.45) is 3.61. The van der Waals surface area contributed by atoms with Crippen LogP contribution in [0.2, 0.25) is 5.02 Å². The summed E-state index contributed by atoms with van der Waals surface area (Å²) < 4.78 is 0. The van der Waals surface area contributed by atoms with Gasteiger partial charge in [0, 0.05) is 24.0 Å². The summed E-state index contributed by atoms with van der Waals surface area (Å²) in [5.41, 5.74) is 2.01. The predicted octanol–water partition coefficient (Wildman–Crippen LogP) is 2.51. The highest BCUT2D eigenvalue weighted by molar-refractivity contribution is 6.31. The predicted molar refractivity (Wildman–Crippen MR) is 65.8 cm³/mol. The second-order valence-electron chi connectivity index (χ2n) is 4.32. The lowest BCUT2D eigenvalue weighted by Crippen LogP contribution is -2.19. The van der Waals surface area contributed by atoms with Crippen molar-refractivity contribution in [2.45, 2.75) is 25.3 Å². The molecule has 4 heteroatoms. The number of hydrogen-bond donors (Lipinski definition) is 2. The third-order valence-corrected chi connectivity index (χ3v) is 3.10. The van der Waals surface area contributed by atoms with E-state index in [1.54, 1.807) is 0 Å². The Hall–Kier alpha value is -1.06. The molecule has 0 atom stereocenters. The fourth-order valence-electron chi connectivity index (χ4n) is 1.84. The van der Waals surface area contributed by atoms with Crippen molar-refractivity contribution >= 4 is 22.6 Å². The first-order chi connectivity index (χ1) is 7.81. The molecule has 0 aliphatic heterocycles. The number of aromatic nitrogens is 2. The van der Waals surface area contributed by atoms with Gasteiger partial charge in [-0.2, -0.15) is 0 Å².